The molecule has 0 heterocycles. The van der Waals surface area contributed by atoms with Crippen molar-refractivity contribution in [3.8, 4) is 0 Å². The molecule has 4 nitrogen and oxygen atoms in total. The lowest BCUT2D eigenvalue weighted by molar-refractivity contribution is -0.143. The number of hydrogen-bond donors (Lipinski definition) is 1. The highest BCUT2D eigenvalue weighted by Gasteiger charge is 2.30. The Kier molecular flexibility index (Phi) is 7.19. The van der Waals surface area contributed by atoms with Gasteiger partial charge in [-0.15, -0.1) is 0 Å². The number of carbonyl (C=O) groups excluding carboxylic acids is 1. The van der Waals surface area contributed by atoms with Gasteiger partial charge in [0, 0.05) is 0 Å². The third kappa shape index (κ3) is 4.63. The first-order chi connectivity index (χ1) is 12.6. The summed E-state index contributed by atoms with van der Waals surface area (Å²) in [6.45, 7) is 6.21. The van der Waals surface area contributed by atoms with Gasteiger partial charge in [0.2, 0.25) is 0 Å². The number of hydrogen-bond acceptors (Lipinski definition) is 3. The van der Waals surface area contributed by atoms with Crippen LogP contribution in [-0.4, -0.2) is 23.7 Å². The molecule has 3 rings (SSSR count). The summed E-state index contributed by atoms with van der Waals surface area (Å²) in [5, 5.41) is 9.24. The van der Waals surface area contributed by atoms with Crippen molar-refractivity contribution in [2.24, 2.45) is 11.8 Å². The van der Waals surface area contributed by atoms with Crippen molar-refractivity contribution in [1.29, 1.82) is 0 Å². The molecule has 2 aliphatic rings. The van der Waals surface area contributed by atoms with Gasteiger partial charge in [-0.05, 0) is 61.3 Å². The zero-order chi connectivity index (χ0) is 19.1. The van der Waals surface area contributed by atoms with Crippen LogP contribution in [0.15, 0.2) is 42.0 Å². The maximum absolute atomic E-state index is 12.0. The summed E-state index contributed by atoms with van der Waals surface area (Å²) in [6, 6.07) is 5.35. The molecule has 1 aromatic rings. The van der Waals surface area contributed by atoms with Crippen LogP contribution < -0.4 is 0 Å². The minimum Gasteiger partial charge on any atom is -0.478 e. The number of carboxylic acids is 1. The highest BCUT2D eigenvalue weighted by atomic mass is 16.5. The van der Waals surface area contributed by atoms with Crippen LogP contribution in [0.1, 0.15) is 55.1 Å². The zero-order valence-corrected chi connectivity index (χ0v) is 15.8. The quantitative estimate of drug-likeness (QED) is 0.802. The summed E-state index contributed by atoms with van der Waals surface area (Å²) in [6.07, 6.45) is 9.22. The number of carboxylic acid groups (broad SMARTS) is 1. The first-order valence-corrected chi connectivity index (χ1v) is 9.45. The van der Waals surface area contributed by atoms with Crippen LogP contribution in [0, 0.1) is 11.8 Å². The maximum atomic E-state index is 12.0. The molecule has 2 atom stereocenters. The van der Waals surface area contributed by atoms with Gasteiger partial charge in [-0.3, -0.25) is 4.79 Å². The summed E-state index contributed by atoms with van der Waals surface area (Å²) in [7, 11) is 0. The number of carbonyl (C=O) groups is 2. The van der Waals surface area contributed by atoms with Crippen LogP contribution in [0.25, 0.3) is 0 Å². The van der Waals surface area contributed by atoms with Crippen molar-refractivity contribution in [3.05, 3.63) is 58.7 Å². The molecule has 4 heteroatoms. The third-order valence-electron chi connectivity index (χ3n) is 4.89. The number of fused-ring (bicyclic) bond motifs is 2. The molecule has 2 aliphatic carbocycles. The second-order valence-electron chi connectivity index (χ2n) is 6.43. The Morgan fingerprint density at radius 1 is 1.19 bits per heavy atom. The first kappa shape index (κ1) is 20.0. The van der Waals surface area contributed by atoms with E-state index in [1.165, 1.54) is 5.57 Å². The normalized spacial score (nSPS) is 20.5. The Labute approximate surface area is 155 Å². The van der Waals surface area contributed by atoms with Crippen molar-refractivity contribution in [3.63, 3.8) is 0 Å². The Hall–Kier alpha value is -2.36. The Morgan fingerprint density at radius 2 is 1.96 bits per heavy atom. The predicted octanol–water partition coefficient (Wildman–Crippen LogP) is 4.58. The van der Waals surface area contributed by atoms with Crippen molar-refractivity contribution in [2.45, 2.75) is 46.5 Å². The molecule has 26 heavy (non-hydrogen) atoms. The van der Waals surface area contributed by atoms with Crippen molar-refractivity contribution in [2.75, 3.05) is 6.61 Å². The Morgan fingerprint density at radius 3 is 2.65 bits per heavy atom. The number of aromatic carboxylic acids is 1. The lowest BCUT2D eigenvalue weighted by Gasteiger charge is -2.25. The van der Waals surface area contributed by atoms with Crippen LogP contribution in [0.2, 0.25) is 0 Å². The van der Waals surface area contributed by atoms with E-state index < -0.39 is 5.97 Å². The Bertz CT molecular complexity index is 715. The molecule has 0 spiro atoms. The van der Waals surface area contributed by atoms with Gasteiger partial charge in [0.25, 0.3) is 0 Å². The van der Waals surface area contributed by atoms with Gasteiger partial charge in [-0.25, -0.2) is 4.79 Å². The van der Waals surface area contributed by atoms with Gasteiger partial charge in [-0.1, -0.05) is 43.7 Å². The van der Waals surface area contributed by atoms with E-state index in [1.807, 2.05) is 26.8 Å². The molecule has 0 saturated carbocycles. The molecule has 0 saturated heterocycles. The molecule has 0 amide bonds. The average molecular weight is 356 g/mol. The molecular formula is C22H28O4. The number of benzene rings is 1. The average Bonchev–Trinajstić information content (AvgIpc) is 2.79. The minimum atomic E-state index is -0.899. The van der Waals surface area contributed by atoms with E-state index in [-0.39, 0.29) is 11.9 Å². The largest absolute Gasteiger partial charge is 0.478 e. The van der Waals surface area contributed by atoms with E-state index in [9.17, 15) is 14.7 Å². The molecule has 0 radical (unpaired) electrons. The summed E-state index contributed by atoms with van der Waals surface area (Å²) in [5.41, 5.74) is 3.85. The van der Waals surface area contributed by atoms with Crippen molar-refractivity contribution >= 4 is 11.9 Å². The number of allylic oxidation sites excluding steroid dienone is 4. The van der Waals surface area contributed by atoms with Crippen LogP contribution in [0.3, 0.4) is 0 Å². The highest BCUT2D eigenvalue weighted by molar-refractivity contribution is 5.88. The smallest absolute Gasteiger partial charge is 0.335 e. The van der Waals surface area contributed by atoms with Crippen molar-refractivity contribution < 1.29 is 19.4 Å². The fraction of sp³-hybridized carbons (Fsp3) is 0.455. The predicted molar refractivity (Wildman–Crippen MR) is 102 cm³/mol. The molecule has 0 aliphatic heterocycles. The first-order valence-electron chi connectivity index (χ1n) is 9.45. The molecule has 0 fully saturated rings. The molecular weight excluding hydrogens is 328 g/mol. The SMILES string of the molecule is CC.CCOC(=O)CC1Cc2ccc(C(=O)O)cc2CC2CC=CC=C21. The van der Waals surface area contributed by atoms with E-state index in [0.29, 0.717) is 24.5 Å². The van der Waals surface area contributed by atoms with E-state index in [4.69, 9.17) is 4.74 Å². The monoisotopic (exact) mass is 356 g/mol. The van der Waals surface area contributed by atoms with E-state index in [0.717, 1.165) is 30.4 Å². The maximum Gasteiger partial charge on any atom is 0.335 e. The molecule has 1 N–H and O–H groups in total. The standard InChI is InChI=1S/C20H22O4.C2H6/c1-2-24-19(21)12-17-9-13-7-8-15(20(22)23)11-16(13)10-14-5-3-4-6-18(14)17;1-2/h3-4,6-8,11,14,17H,2,5,9-10,12H2,1H3,(H,22,23);1-2H3. The fourth-order valence-electron chi connectivity index (χ4n) is 3.77. The molecule has 2 unspecified atom stereocenters. The van der Waals surface area contributed by atoms with Crippen LogP contribution in [-0.2, 0) is 22.4 Å². The zero-order valence-electron chi connectivity index (χ0n) is 15.8. The summed E-state index contributed by atoms with van der Waals surface area (Å²) < 4.78 is 5.14. The number of ether oxygens (including phenoxy) is 1. The molecule has 140 valence electrons. The van der Waals surface area contributed by atoms with E-state index >= 15 is 0 Å². The lowest BCUT2D eigenvalue weighted by Crippen LogP contribution is -2.19. The number of rotatable bonds is 4. The van der Waals surface area contributed by atoms with Gasteiger partial charge < -0.3 is 9.84 Å². The second-order valence-corrected chi connectivity index (χ2v) is 6.43. The van der Waals surface area contributed by atoms with E-state index in [2.05, 4.69) is 18.2 Å². The van der Waals surface area contributed by atoms with Crippen LogP contribution in [0.5, 0.6) is 0 Å². The minimum absolute atomic E-state index is 0.121. The van der Waals surface area contributed by atoms with Crippen molar-refractivity contribution in [1.82, 2.24) is 0 Å². The topological polar surface area (TPSA) is 63.6 Å². The highest BCUT2D eigenvalue weighted by Crippen LogP contribution is 2.38. The second kappa shape index (κ2) is 9.37. The van der Waals surface area contributed by atoms with Gasteiger partial charge in [0.15, 0.2) is 0 Å². The van der Waals surface area contributed by atoms with Gasteiger partial charge in [0.1, 0.15) is 0 Å². The molecule has 1 aromatic carbocycles. The number of esters is 1. The van der Waals surface area contributed by atoms with E-state index in [1.54, 1.807) is 12.1 Å². The lowest BCUT2D eigenvalue weighted by atomic mass is 9.80. The Balaban J connectivity index is 0.00000117. The van der Waals surface area contributed by atoms with Crippen LogP contribution in [0.4, 0.5) is 0 Å². The summed E-state index contributed by atoms with van der Waals surface area (Å²) >= 11 is 0. The van der Waals surface area contributed by atoms with Gasteiger partial charge >= 0.3 is 11.9 Å². The van der Waals surface area contributed by atoms with Gasteiger partial charge in [-0.2, -0.15) is 0 Å². The third-order valence-corrected chi connectivity index (χ3v) is 4.89. The molecule has 0 bridgehead atoms. The summed E-state index contributed by atoms with van der Waals surface area (Å²) in [5.74, 6) is -0.609. The summed E-state index contributed by atoms with van der Waals surface area (Å²) in [4.78, 5) is 23.3. The fourth-order valence-corrected chi connectivity index (χ4v) is 3.77. The van der Waals surface area contributed by atoms with Gasteiger partial charge in [0.05, 0.1) is 18.6 Å². The molecule has 0 aromatic heterocycles. The van der Waals surface area contributed by atoms with Crippen LogP contribution >= 0.6 is 0 Å².